The second-order valence-electron chi connectivity index (χ2n) is 3.09. The molecule has 0 radical (unpaired) electrons. The number of hydrogen-bond donors (Lipinski definition) is 2. The lowest BCUT2D eigenvalue weighted by molar-refractivity contribution is -0.140. The highest BCUT2D eigenvalue weighted by molar-refractivity contribution is 6.30. The van der Waals surface area contributed by atoms with Crippen LogP contribution in [0.25, 0.3) is 0 Å². The topological polar surface area (TPSA) is 63.3 Å². The summed E-state index contributed by atoms with van der Waals surface area (Å²) >= 11 is 5.46. The quantitative estimate of drug-likeness (QED) is 0.851. The summed E-state index contributed by atoms with van der Waals surface area (Å²) in [7, 11) is 0. The number of carbonyl (C=O) groups is 1. The van der Waals surface area contributed by atoms with Gasteiger partial charge in [-0.2, -0.15) is 13.2 Å². The van der Waals surface area contributed by atoms with Crippen LogP contribution in [0, 0.1) is 0 Å². The van der Waals surface area contributed by atoms with Gasteiger partial charge < -0.3 is 10.8 Å². The maximum absolute atomic E-state index is 12.4. The predicted molar refractivity (Wildman–Crippen MR) is 51.0 cm³/mol. The molecule has 3 N–H and O–H groups in total. The fourth-order valence-electron chi connectivity index (χ4n) is 1.10. The summed E-state index contributed by atoms with van der Waals surface area (Å²) in [5.41, 5.74) is 3.98. The summed E-state index contributed by atoms with van der Waals surface area (Å²) in [5.74, 6) is -1.42. The lowest BCUT2D eigenvalue weighted by atomic mass is 10.0. The monoisotopic (exact) mass is 253 g/mol. The van der Waals surface area contributed by atoms with Crippen LogP contribution in [-0.2, 0) is 11.0 Å². The van der Waals surface area contributed by atoms with Crippen molar-refractivity contribution in [2.75, 3.05) is 0 Å². The molecule has 1 aromatic rings. The molecule has 1 aromatic carbocycles. The first-order valence-corrected chi connectivity index (χ1v) is 4.45. The van der Waals surface area contributed by atoms with E-state index in [-0.39, 0.29) is 10.6 Å². The largest absolute Gasteiger partial charge is 0.480 e. The average molecular weight is 254 g/mol. The molecule has 0 aromatic heterocycles. The number of hydrogen-bond acceptors (Lipinski definition) is 2. The molecule has 16 heavy (non-hydrogen) atoms. The molecular weight excluding hydrogens is 247 g/mol. The van der Waals surface area contributed by atoms with Gasteiger partial charge in [0, 0.05) is 5.02 Å². The van der Waals surface area contributed by atoms with Gasteiger partial charge in [-0.15, -0.1) is 0 Å². The van der Waals surface area contributed by atoms with Crippen molar-refractivity contribution < 1.29 is 23.1 Å². The van der Waals surface area contributed by atoms with Crippen LogP contribution in [0.1, 0.15) is 17.2 Å². The minimum Gasteiger partial charge on any atom is -0.480 e. The number of rotatable bonds is 2. The van der Waals surface area contributed by atoms with Crippen LogP contribution in [0.5, 0.6) is 0 Å². The standard InChI is InChI=1S/C9H7ClF3NO2/c10-6-2-4(7(14)8(15)16)1-5(3-6)9(11,12)13/h1-3,7H,14H2,(H,15,16)/t7-/m0/s1. The fourth-order valence-corrected chi connectivity index (χ4v) is 1.34. The molecule has 0 bridgehead atoms. The summed E-state index contributed by atoms with van der Waals surface area (Å²) in [6.45, 7) is 0. The molecule has 0 fully saturated rings. The van der Waals surface area contributed by atoms with Crippen molar-refractivity contribution in [3.63, 3.8) is 0 Å². The van der Waals surface area contributed by atoms with Crippen molar-refractivity contribution >= 4 is 17.6 Å². The number of halogens is 4. The Kier molecular flexibility index (Phi) is 3.44. The van der Waals surface area contributed by atoms with E-state index in [0.717, 1.165) is 6.07 Å². The van der Waals surface area contributed by atoms with Crippen molar-refractivity contribution in [1.29, 1.82) is 0 Å². The smallest absolute Gasteiger partial charge is 0.416 e. The minimum absolute atomic E-state index is 0.188. The molecule has 0 amide bonds. The molecule has 7 heteroatoms. The zero-order chi connectivity index (χ0) is 12.5. The van der Waals surface area contributed by atoms with Crippen molar-refractivity contribution in [3.05, 3.63) is 34.3 Å². The summed E-state index contributed by atoms with van der Waals surface area (Å²) in [6, 6.07) is 0.944. The number of benzene rings is 1. The third kappa shape index (κ3) is 2.86. The Morgan fingerprint density at radius 1 is 1.38 bits per heavy atom. The van der Waals surface area contributed by atoms with Gasteiger partial charge in [-0.3, -0.25) is 4.79 Å². The second-order valence-corrected chi connectivity index (χ2v) is 3.52. The van der Waals surface area contributed by atoms with Crippen LogP contribution in [0.3, 0.4) is 0 Å². The van der Waals surface area contributed by atoms with Gasteiger partial charge in [0.05, 0.1) is 5.56 Å². The van der Waals surface area contributed by atoms with Crippen LogP contribution in [0.15, 0.2) is 18.2 Å². The van der Waals surface area contributed by atoms with E-state index in [9.17, 15) is 18.0 Å². The van der Waals surface area contributed by atoms with Crippen LogP contribution in [-0.4, -0.2) is 11.1 Å². The molecule has 0 aliphatic rings. The Balaban J connectivity index is 3.23. The van der Waals surface area contributed by atoms with Gasteiger partial charge in [-0.05, 0) is 23.8 Å². The average Bonchev–Trinajstić information content (AvgIpc) is 2.14. The molecule has 0 aliphatic heterocycles. The third-order valence-electron chi connectivity index (χ3n) is 1.87. The molecule has 0 spiro atoms. The van der Waals surface area contributed by atoms with E-state index in [1.165, 1.54) is 0 Å². The van der Waals surface area contributed by atoms with Crippen molar-refractivity contribution in [3.8, 4) is 0 Å². The van der Waals surface area contributed by atoms with Crippen molar-refractivity contribution in [2.24, 2.45) is 5.73 Å². The third-order valence-corrected chi connectivity index (χ3v) is 2.09. The van der Waals surface area contributed by atoms with Gasteiger partial charge in [-0.25, -0.2) is 0 Å². The van der Waals surface area contributed by atoms with Crippen LogP contribution in [0.4, 0.5) is 13.2 Å². The Morgan fingerprint density at radius 2 is 1.94 bits per heavy atom. The molecule has 0 unspecified atom stereocenters. The van der Waals surface area contributed by atoms with Crippen LogP contribution < -0.4 is 5.73 Å². The zero-order valence-electron chi connectivity index (χ0n) is 7.75. The summed E-state index contributed by atoms with van der Waals surface area (Å²) in [6.07, 6.45) is -4.59. The first-order valence-electron chi connectivity index (χ1n) is 4.08. The van der Waals surface area contributed by atoms with Crippen LogP contribution in [0.2, 0.25) is 5.02 Å². The first kappa shape index (κ1) is 12.8. The minimum atomic E-state index is -4.59. The molecule has 0 heterocycles. The number of nitrogens with two attached hydrogens (primary N) is 1. The summed E-state index contributed by atoms with van der Waals surface area (Å²) in [5, 5.41) is 8.36. The number of aliphatic carboxylic acids is 1. The maximum Gasteiger partial charge on any atom is 0.416 e. The van der Waals surface area contributed by atoms with Crippen molar-refractivity contribution in [2.45, 2.75) is 12.2 Å². The van der Waals surface area contributed by atoms with Gasteiger partial charge in [0.1, 0.15) is 6.04 Å². The Hall–Kier alpha value is -1.27. The summed E-state index contributed by atoms with van der Waals surface area (Å²) < 4.78 is 37.1. The molecule has 1 rings (SSSR count). The van der Waals surface area contributed by atoms with Gasteiger partial charge in [0.2, 0.25) is 0 Å². The highest BCUT2D eigenvalue weighted by Gasteiger charge is 2.32. The maximum atomic E-state index is 12.4. The van der Waals surface area contributed by atoms with Crippen molar-refractivity contribution in [1.82, 2.24) is 0 Å². The number of carboxylic acids is 1. The van der Waals surface area contributed by atoms with Crippen LogP contribution >= 0.6 is 11.6 Å². The number of alkyl halides is 3. The highest BCUT2D eigenvalue weighted by Crippen LogP contribution is 2.32. The molecule has 3 nitrogen and oxygen atoms in total. The predicted octanol–water partition coefficient (Wildman–Crippen LogP) is 2.44. The Labute approximate surface area is 93.6 Å². The highest BCUT2D eigenvalue weighted by atomic mass is 35.5. The van der Waals surface area contributed by atoms with E-state index in [1.54, 1.807) is 0 Å². The second kappa shape index (κ2) is 4.31. The van der Waals surface area contributed by atoms with E-state index < -0.39 is 23.8 Å². The summed E-state index contributed by atoms with van der Waals surface area (Å²) in [4.78, 5) is 10.5. The molecule has 1 atom stereocenters. The number of carboxylic acid groups (broad SMARTS) is 1. The SMILES string of the molecule is N[C@H](C(=O)O)c1cc(Cl)cc(C(F)(F)F)c1. The molecular formula is C9H7ClF3NO2. The molecule has 0 saturated heterocycles. The van der Waals surface area contributed by atoms with E-state index in [0.29, 0.717) is 12.1 Å². The van der Waals surface area contributed by atoms with E-state index in [2.05, 4.69) is 0 Å². The van der Waals surface area contributed by atoms with Gasteiger partial charge >= 0.3 is 12.1 Å². The zero-order valence-corrected chi connectivity index (χ0v) is 8.51. The first-order chi connectivity index (χ1) is 7.21. The Bertz CT molecular complexity index is 420. The molecule has 88 valence electrons. The normalized spacial score (nSPS) is 13.6. The lowest BCUT2D eigenvalue weighted by Gasteiger charge is -2.12. The van der Waals surface area contributed by atoms with Gasteiger partial charge in [0.25, 0.3) is 0 Å². The Morgan fingerprint density at radius 3 is 2.38 bits per heavy atom. The fraction of sp³-hybridized carbons (Fsp3) is 0.222. The molecule has 0 aliphatic carbocycles. The van der Waals surface area contributed by atoms with E-state index in [4.69, 9.17) is 22.4 Å². The van der Waals surface area contributed by atoms with E-state index in [1.807, 2.05) is 0 Å². The van der Waals surface area contributed by atoms with Gasteiger partial charge in [0.15, 0.2) is 0 Å². The molecule has 0 saturated carbocycles. The lowest BCUT2D eigenvalue weighted by Crippen LogP contribution is -2.21. The van der Waals surface area contributed by atoms with Gasteiger partial charge in [-0.1, -0.05) is 11.6 Å². The van der Waals surface area contributed by atoms with E-state index >= 15 is 0 Å².